The van der Waals surface area contributed by atoms with Gasteiger partial charge in [-0.3, -0.25) is 10.9 Å². The van der Waals surface area contributed by atoms with E-state index < -0.39 is 0 Å². The van der Waals surface area contributed by atoms with Crippen molar-refractivity contribution in [1.82, 2.24) is 10.9 Å². The predicted octanol–water partition coefficient (Wildman–Crippen LogP) is 1.68. The van der Waals surface area contributed by atoms with Crippen LogP contribution in [0.25, 0.3) is 0 Å². The molecule has 1 saturated heterocycles. The third-order valence-electron chi connectivity index (χ3n) is 2.35. The lowest BCUT2D eigenvalue weighted by Gasteiger charge is -2.28. The van der Waals surface area contributed by atoms with Crippen molar-refractivity contribution in [3.8, 4) is 0 Å². The molecule has 2 N–H and O–H groups in total. The minimum absolute atomic E-state index is 0.721. The topological polar surface area (TPSA) is 24.1 Å². The van der Waals surface area contributed by atoms with Gasteiger partial charge in [-0.15, -0.1) is 0 Å². The van der Waals surface area contributed by atoms with Gasteiger partial charge in [-0.05, 0) is 18.8 Å². The fourth-order valence-electron chi connectivity index (χ4n) is 1.65. The fraction of sp³-hybridized carbons (Fsp3) is 1.00. The zero-order valence-corrected chi connectivity index (χ0v) is 7.69. The van der Waals surface area contributed by atoms with Gasteiger partial charge < -0.3 is 0 Å². The van der Waals surface area contributed by atoms with Gasteiger partial charge >= 0.3 is 0 Å². The molecule has 1 heterocycles. The van der Waals surface area contributed by atoms with E-state index in [4.69, 9.17) is 0 Å². The van der Waals surface area contributed by atoms with Crippen molar-refractivity contribution >= 4 is 0 Å². The quantitative estimate of drug-likeness (QED) is 0.649. The van der Waals surface area contributed by atoms with Gasteiger partial charge in [-0.25, -0.2) is 0 Å². The number of unbranched alkanes of at least 4 members (excludes halogenated alkanes) is 1. The lowest BCUT2D eigenvalue weighted by molar-refractivity contribution is 0.264. The van der Waals surface area contributed by atoms with Crippen molar-refractivity contribution in [3.05, 3.63) is 0 Å². The SMILES string of the molecule is CCCCC1CC(C)CNN1. The molecular weight excluding hydrogens is 136 g/mol. The number of hydrogen-bond acceptors (Lipinski definition) is 2. The maximum atomic E-state index is 3.33. The molecule has 0 aromatic rings. The van der Waals surface area contributed by atoms with Crippen LogP contribution in [0.15, 0.2) is 0 Å². The molecule has 2 unspecified atom stereocenters. The Balaban J connectivity index is 2.12. The molecule has 2 atom stereocenters. The first-order valence-electron chi connectivity index (χ1n) is 4.81. The highest BCUT2D eigenvalue weighted by Crippen LogP contribution is 2.13. The molecule has 2 heteroatoms. The molecule has 1 aliphatic rings. The first-order valence-corrected chi connectivity index (χ1v) is 4.81. The Hall–Kier alpha value is -0.0800. The largest absolute Gasteiger partial charge is 0.257 e. The first-order chi connectivity index (χ1) is 5.33. The second-order valence-electron chi connectivity index (χ2n) is 3.71. The van der Waals surface area contributed by atoms with Gasteiger partial charge in [-0.1, -0.05) is 26.7 Å². The molecule has 0 amide bonds. The van der Waals surface area contributed by atoms with E-state index in [1.807, 2.05) is 0 Å². The number of hydrogen-bond donors (Lipinski definition) is 2. The molecule has 0 aromatic carbocycles. The number of rotatable bonds is 3. The van der Waals surface area contributed by atoms with E-state index in [1.54, 1.807) is 0 Å². The molecule has 66 valence electrons. The Bertz CT molecular complexity index is 104. The van der Waals surface area contributed by atoms with Gasteiger partial charge in [0, 0.05) is 12.6 Å². The highest BCUT2D eigenvalue weighted by molar-refractivity contribution is 4.73. The van der Waals surface area contributed by atoms with Gasteiger partial charge in [-0.2, -0.15) is 0 Å². The summed E-state index contributed by atoms with van der Waals surface area (Å²) in [4.78, 5) is 0. The van der Waals surface area contributed by atoms with E-state index >= 15 is 0 Å². The van der Waals surface area contributed by atoms with Crippen LogP contribution in [-0.4, -0.2) is 12.6 Å². The highest BCUT2D eigenvalue weighted by Gasteiger charge is 2.16. The summed E-state index contributed by atoms with van der Waals surface area (Å²) in [5.41, 5.74) is 6.58. The molecule has 0 spiro atoms. The summed E-state index contributed by atoms with van der Waals surface area (Å²) in [6.07, 6.45) is 5.33. The van der Waals surface area contributed by atoms with Crippen LogP contribution in [0.4, 0.5) is 0 Å². The van der Waals surface area contributed by atoms with Gasteiger partial charge in [0.15, 0.2) is 0 Å². The Morgan fingerprint density at radius 2 is 2.27 bits per heavy atom. The van der Waals surface area contributed by atoms with E-state index in [0.29, 0.717) is 0 Å². The van der Waals surface area contributed by atoms with Crippen LogP contribution in [0.5, 0.6) is 0 Å². The summed E-state index contributed by atoms with van der Waals surface area (Å²) in [5, 5.41) is 0. The van der Waals surface area contributed by atoms with E-state index in [9.17, 15) is 0 Å². The lowest BCUT2D eigenvalue weighted by atomic mass is 9.97. The molecular formula is C9H20N2. The Labute approximate surface area is 69.7 Å². The van der Waals surface area contributed by atoms with Crippen molar-refractivity contribution in [2.45, 2.75) is 45.6 Å². The van der Waals surface area contributed by atoms with Crippen LogP contribution in [0.1, 0.15) is 39.5 Å². The van der Waals surface area contributed by atoms with E-state index in [-0.39, 0.29) is 0 Å². The summed E-state index contributed by atoms with van der Waals surface area (Å²) in [5.74, 6) is 0.845. The zero-order chi connectivity index (χ0) is 8.10. The maximum Gasteiger partial charge on any atom is 0.0215 e. The molecule has 0 bridgehead atoms. The third kappa shape index (κ3) is 3.21. The maximum absolute atomic E-state index is 3.33. The van der Waals surface area contributed by atoms with Crippen LogP contribution < -0.4 is 10.9 Å². The summed E-state index contributed by atoms with van der Waals surface area (Å²) in [6.45, 7) is 5.69. The minimum atomic E-state index is 0.721. The smallest absolute Gasteiger partial charge is 0.0215 e. The van der Waals surface area contributed by atoms with Gasteiger partial charge in [0.05, 0.1) is 0 Å². The Kier molecular flexibility index (Phi) is 3.87. The first kappa shape index (κ1) is 9.01. The highest BCUT2D eigenvalue weighted by atomic mass is 15.4. The van der Waals surface area contributed by atoms with E-state index in [1.165, 1.54) is 25.7 Å². The molecule has 2 nitrogen and oxygen atoms in total. The fourth-order valence-corrected chi connectivity index (χ4v) is 1.65. The standard InChI is InChI=1S/C9H20N2/c1-3-4-5-9-6-8(2)7-10-11-9/h8-11H,3-7H2,1-2H3. The van der Waals surface area contributed by atoms with Crippen LogP contribution in [-0.2, 0) is 0 Å². The second-order valence-corrected chi connectivity index (χ2v) is 3.71. The molecule has 1 fully saturated rings. The van der Waals surface area contributed by atoms with Crippen molar-refractivity contribution in [2.24, 2.45) is 5.92 Å². The minimum Gasteiger partial charge on any atom is -0.257 e. The Morgan fingerprint density at radius 1 is 1.45 bits per heavy atom. The average Bonchev–Trinajstić information content (AvgIpc) is 2.01. The molecule has 11 heavy (non-hydrogen) atoms. The zero-order valence-electron chi connectivity index (χ0n) is 7.69. The third-order valence-corrected chi connectivity index (χ3v) is 2.35. The molecule has 0 aliphatic carbocycles. The molecule has 1 aliphatic heterocycles. The van der Waals surface area contributed by atoms with Crippen LogP contribution >= 0.6 is 0 Å². The summed E-state index contributed by atoms with van der Waals surface area (Å²) < 4.78 is 0. The van der Waals surface area contributed by atoms with Crippen molar-refractivity contribution in [1.29, 1.82) is 0 Å². The van der Waals surface area contributed by atoms with Crippen molar-refractivity contribution < 1.29 is 0 Å². The predicted molar refractivity (Wildman–Crippen MR) is 48.2 cm³/mol. The van der Waals surface area contributed by atoms with Crippen LogP contribution in [0.2, 0.25) is 0 Å². The Morgan fingerprint density at radius 3 is 2.91 bits per heavy atom. The summed E-state index contributed by atoms with van der Waals surface area (Å²) in [7, 11) is 0. The van der Waals surface area contributed by atoms with Gasteiger partial charge in [0.2, 0.25) is 0 Å². The molecule has 0 saturated carbocycles. The molecule has 0 aromatic heterocycles. The van der Waals surface area contributed by atoms with Crippen LogP contribution in [0, 0.1) is 5.92 Å². The number of hydrazine groups is 1. The molecule has 0 radical (unpaired) electrons. The second kappa shape index (κ2) is 4.73. The molecule has 1 rings (SSSR count). The monoisotopic (exact) mass is 156 g/mol. The van der Waals surface area contributed by atoms with Crippen LogP contribution in [0.3, 0.4) is 0 Å². The average molecular weight is 156 g/mol. The summed E-state index contributed by atoms with van der Waals surface area (Å²) >= 11 is 0. The van der Waals surface area contributed by atoms with Crippen molar-refractivity contribution in [2.75, 3.05) is 6.54 Å². The summed E-state index contributed by atoms with van der Waals surface area (Å²) in [6, 6.07) is 0.721. The lowest BCUT2D eigenvalue weighted by Crippen LogP contribution is -2.48. The van der Waals surface area contributed by atoms with E-state index in [0.717, 1.165) is 18.5 Å². The van der Waals surface area contributed by atoms with Gasteiger partial charge in [0.1, 0.15) is 0 Å². The van der Waals surface area contributed by atoms with Gasteiger partial charge in [0.25, 0.3) is 0 Å². The normalized spacial score (nSPS) is 32.2. The number of nitrogens with one attached hydrogen (secondary N) is 2. The van der Waals surface area contributed by atoms with E-state index in [2.05, 4.69) is 24.7 Å². The van der Waals surface area contributed by atoms with Crippen molar-refractivity contribution in [3.63, 3.8) is 0 Å².